The lowest BCUT2D eigenvalue weighted by Gasteiger charge is -2.45. The summed E-state index contributed by atoms with van der Waals surface area (Å²) in [5.41, 5.74) is 1.97. The molecule has 3 nitrogen and oxygen atoms in total. The van der Waals surface area contributed by atoms with Crippen LogP contribution in [0.5, 0.6) is 0 Å². The quantitative estimate of drug-likeness (QED) is 0.536. The van der Waals surface area contributed by atoms with E-state index < -0.39 is 0 Å². The van der Waals surface area contributed by atoms with E-state index in [4.69, 9.17) is 4.42 Å². The van der Waals surface area contributed by atoms with Crippen LogP contribution in [0.1, 0.15) is 86.8 Å². The average molecular weight is 393 g/mol. The van der Waals surface area contributed by atoms with E-state index in [9.17, 15) is 0 Å². The van der Waals surface area contributed by atoms with Crippen molar-refractivity contribution in [1.82, 2.24) is 9.80 Å². The lowest BCUT2D eigenvalue weighted by Crippen LogP contribution is -2.47. The summed E-state index contributed by atoms with van der Waals surface area (Å²) in [5, 5.41) is 0. The van der Waals surface area contributed by atoms with Crippen molar-refractivity contribution in [3.63, 3.8) is 0 Å². The van der Waals surface area contributed by atoms with Crippen LogP contribution in [0.2, 0.25) is 0 Å². The first-order chi connectivity index (χ1) is 14.4. The predicted molar refractivity (Wildman–Crippen MR) is 117 cm³/mol. The monoisotopic (exact) mass is 392 g/mol. The molecule has 8 rings (SSSR count). The number of fused-ring (bicyclic) bond motifs is 2. The Kier molecular flexibility index (Phi) is 4.72. The summed E-state index contributed by atoms with van der Waals surface area (Å²) in [6.45, 7) is 5.07. The highest BCUT2D eigenvalue weighted by atomic mass is 16.3. The predicted octanol–water partition coefficient (Wildman–Crippen LogP) is 5.60. The smallest absolute Gasteiger partial charge is 0.125 e. The second kappa shape index (κ2) is 7.42. The minimum Gasteiger partial charge on any atom is -0.464 e. The van der Waals surface area contributed by atoms with Gasteiger partial charge in [-0.2, -0.15) is 0 Å². The van der Waals surface area contributed by atoms with E-state index in [1.807, 2.05) is 0 Å². The molecule has 0 radical (unpaired) electrons. The first kappa shape index (κ1) is 18.4. The maximum Gasteiger partial charge on any atom is 0.125 e. The lowest BCUT2D eigenvalue weighted by atomic mass is 9.68. The molecular formula is C26H36N2O. The Morgan fingerprint density at radius 1 is 0.931 bits per heavy atom. The molecule has 29 heavy (non-hydrogen) atoms. The van der Waals surface area contributed by atoms with Crippen molar-refractivity contribution in [3.8, 4) is 0 Å². The fraction of sp³-hybridized carbons (Fsp3) is 0.692. The normalized spacial score (nSPS) is 41.8. The van der Waals surface area contributed by atoms with E-state index in [1.54, 1.807) is 5.56 Å². The van der Waals surface area contributed by atoms with Crippen LogP contribution >= 0.6 is 0 Å². The zero-order valence-corrected chi connectivity index (χ0v) is 17.8. The van der Waals surface area contributed by atoms with Crippen LogP contribution in [0.3, 0.4) is 0 Å². The van der Waals surface area contributed by atoms with Crippen LogP contribution in [0, 0.1) is 5.41 Å². The summed E-state index contributed by atoms with van der Waals surface area (Å²) < 4.78 is 6.69. The van der Waals surface area contributed by atoms with Crippen molar-refractivity contribution in [2.24, 2.45) is 5.41 Å². The summed E-state index contributed by atoms with van der Waals surface area (Å²) in [6.07, 6.45) is 22.5. The second-order valence-corrected chi connectivity index (χ2v) is 10.2. The molecule has 0 N–H and O–H groups in total. The summed E-state index contributed by atoms with van der Waals surface area (Å²) in [4.78, 5) is 5.66. The van der Waals surface area contributed by atoms with Gasteiger partial charge in [0.15, 0.2) is 0 Å². The Balaban J connectivity index is 1.42. The SMILES string of the molecule is C1=C\CCc2cc3c(o2)C2N4CCCC/C=C\[C@H]4CC24CN(CCCC/1)CCC34. The van der Waals surface area contributed by atoms with Crippen molar-refractivity contribution < 1.29 is 4.42 Å². The first-order valence-electron chi connectivity index (χ1n) is 12.3. The van der Waals surface area contributed by atoms with Crippen molar-refractivity contribution >= 4 is 0 Å². The highest BCUT2D eigenvalue weighted by Crippen LogP contribution is 2.67. The summed E-state index contributed by atoms with van der Waals surface area (Å²) in [6, 6.07) is 3.59. The van der Waals surface area contributed by atoms with Gasteiger partial charge in [0.1, 0.15) is 11.5 Å². The van der Waals surface area contributed by atoms with Gasteiger partial charge in [0.2, 0.25) is 0 Å². The van der Waals surface area contributed by atoms with Gasteiger partial charge >= 0.3 is 0 Å². The molecule has 156 valence electrons. The zero-order chi connectivity index (χ0) is 19.3. The molecular weight excluding hydrogens is 356 g/mol. The first-order valence-corrected chi connectivity index (χ1v) is 12.3. The Bertz CT molecular complexity index is 808. The average Bonchev–Trinajstić information content (AvgIpc) is 3.29. The highest BCUT2D eigenvalue weighted by molar-refractivity contribution is 5.42. The number of aryl methyl sites for hydroxylation is 1. The summed E-state index contributed by atoms with van der Waals surface area (Å²) in [5.74, 6) is 3.30. The van der Waals surface area contributed by atoms with Gasteiger partial charge in [-0.25, -0.2) is 0 Å². The number of hydrogen-bond donors (Lipinski definition) is 0. The minimum atomic E-state index is 0.378. The van der Waals surface area contributed by atoms with E-state index >= 15 is 0 Å². The third-order valence-electron chi connectivity index (χ3n) is 8.52. The fourth-order valence-corrected chi connectivity index (χ4v) is 7.32. The molecule has 4 unspecified atom stereocenters. The van der Waals surface area contributed by atoms with Crippen LogP contribution in [0.25, 0.3) is 0 Å². The van der Waals surface area contributed by atoms with Crippen molar-refractivity contribution in [1.29, 1.82) is 0 Å². The number of furan rings is 1. The Hall–Kier alpha value is -1.32. The second-order valence-electron chi connectivity index (χ2n) is 10.2. The molecule has 2 fully saturated rings. The highest BCUT2D eigenvalue weighted by Gasteiger charge is 2.64. The number of piperidine rings is 1. The number of nitrogens with zero attached hydrogens (tertiary/aromatic N) is 2. The van der Waals surface area contributed by atoms with Crippen LogP contribution in [0.4, 0.5) is 0 Å². The minimum absolute atomic E-state index is 0.378. The third kappa shape index (κ3) is 2.99. The lowest BCUT2D eigenvalue weighted by molar-refractivity contribution is 0.0364. The van der Waals surface area contributed by atoms with Gasteiger partial charge in [0, 0.05) is 24.4 Å². The Morgan fingerprint density at radius 2 is 1.79 bits per heavy atom. The van der Waals surface area contributed by atoms with E-state index in [0.29, 0.717) is 23.4 Å². The van der Waals surface area contributed by atoms with Gasteiger partial charge in [0.25, 0.3) is 0 Å². The molecule has 5 atom stereocenters. The number of rotatable bonds is 0. The molecule has 1 spiro atoms. The standard InChI is InChI=1S/C26H36N2O/c1-2-5-9-14-27-16-13-23-22-17-21(12-8-3-1)29-24(22)25-26(23,19-27)18-20-11-7-4-6-10-15-28(20)25/h1,3,7,11,17,20,23,25H,2,4-6,8-10,12-16,18-19H2/b3-1-,11-7-/t20-,23?,25?,26?/m0/s1. The van der Waals surface area contributed by atoms with Gasteiger partial charge in [-0.3, -0.25) is 4.90 Å². The third-order valence-corrected chi connectivity index (χ3v) is 8.52. The molecule has 7 aliphatic rings. The van der Waals surface area contributed by atoms with Crippen LogP contribution < -0.4 is 0 Å². The zero-order valence-electron chi connectivity index (χ0n) is 17.8. The van der Waals surface area contributed by atoms with E-state index in [2.05, 4.69) is 40.2 Å². The molecule has 0 amide bonds. The van der Waals surface area contributed by atoms with Gasteiger partial charge < -0.3 is 9.32 Å². The Morgan fingerprint density at radius 3 is 2.76 bits per heavy atom. The molecule has 0 aromatic carbocycles. The molecule has 2 saturated heterocycles. The van der Waals surface area contributed by atoms with Crippen molar-refractivity contribution in [2.75, 3.05) is 26.2 Å². The molecule has 6 aliphatic heterocycles. The molecule has 0 saturated carbocycles. The van der Waals surface area contributed by atoms with Crippen LogP contribution in [-0.4, -0.2) is 42.0 Å². The van der Waals surface area contributed by atoms with Gasteiger partial charge in [-0.05, 0) is 95.0 Å². The van der Waals surface area contributed by atoms with Gasteiger partial charge in [0.05, 0.1) is 6.04 Å². The van der Waals surface area contributed by atoms with E-state index in [0.717, 1.165) is 12.8 Å². The Labute approximate surface area is 175 Å². The maximum atomic E-state index is 6.69. The number of hydrogen-bond acceptors (Lipinski definition) is 3. The van der Waals surface area contributed by atoms with E-state index in [-0.39, 0.29) is 0 Å². The molecule has 1 aliphatic carbocycles. The molecule has 1 aromatic heterocycles. The topological polar surface area (TPSA) is 19.6 Å². The molecule has 7 heterocycles. The summed E-state index contributed by atoms with van der Waals surface area (Å²) >= 11 is 0. The largest absolute Gasteiger partial charge is 0.464 e. The summed E-state index contributed by atoms with van der Waals surface area (Å²) in [7, 11) is 0. The van der Waals surface area contributed by atoms with Gasteiger partial charge in [-0.1, -0.05) is 24.3 Å². The number of allylic oxidation sites excluding steroid dienone is 3. The maximum absolute atomic E-state index is 6.69. The molecule has 6 bridgehead atoms. The van der Waals surface area contributed by atoms with Crippen LogP contribution in [-0.2, 0) is 6.42 Å². The fourth-order valence-electron chi connectivity index (χ4n) is 7.32. The van der Waals surface area contributed by atoms with Crippen molar-refractivity contribution in [2.45, 2.75) is 82.2 Å². The molecule has 1 aromatic rings. The van der Waals surface area contributed by atoms with Crippen molar-refractivity contribution in [3.05, 3.63) is 47.5 Å². The van der Waals surface area contributed by atoms with Gasteiger partial charge in [-0.15, -0.1) is 0 Å². The molecule has 3 heteroatoms. The van der Waals surface area contributed by atoms with E-state index in [1.165, 1.54) is 89.1 Å². The van der Waals surface area contributed by atoms with Crippen LogP contribution in [0.15, 0.2) is 34.8 Å².